The van der Waals surface area contributed by atoms with Crippen LogP contribution < -0.4 is 5.32 Å². The van der Waals surface area contributed by atoms with Crippen molar-refractivity contribution in [3.05, 3.63) is 58.2 Å². The van der Waals surface area contributed by atoms with Crippen LogP contribution in [0.15, 0.2) is 30.5 Å². The third kappa shape index (κ3) is 4.07. The minimum Gasteiger partial charge on any atom is -0.308 e. The Morgan fingerprint density at radius 2 is 2.09 bits per heavy atom. The number of pyridine rings is 1. The normalized spacial score (nSPS) is 32.6. The molecule has 5 rings (SSSR count). The van der Waals surface area contributed by atoms with Gasteiger partial charge in [-0.1, -0.05) is 31.5 Å². The number of carbonyl (C=O) groups is 1. The second kappa shape index (κ2) is 8.65. The number of hydrogen-bond acceptors (Lipinski definition) is 2. The van der Waals surface area contributed by atoms with E-state index in [0.717, 1.165) is 36.5 Å². The minimum absolute atomic E-state index is 0.202. The number of nitrogens with one attached hydrogen (secondary N) is 1. The maximum atomic E-state index is 13.9. The number of aromatic nitrogens is 1. The van der Waals surface area contributed by atoms with Crippen LogP contribution in [0.4, 0.5) is 14.6 Å². The molecule has 4 unspecified atom stereocenters. The van der Waals surface area contributed by atoms with E-state index in [1.54, 1.807) is 0 Å². The van der Waals surface area contributed by atoms with Crippen molar-refractivity contribution in [3.63, 3.8) is 0 Å². The van der Waals surface area contributed by atoms with Gasteiger partial charge in [0.25, 0.3) is 0 Å². The van der Waals surface area contributed by atoms with Gasteiger partial charge in [-0.05, 0) is 96.8 Å². The number of halogens is 3. The summed E-state index contributed by atoms with van der Waals surface area (Å²) in [5.74, 6) is 0.826. The zero-order valence-electron chi connectivity index (χ0n) is 19.2. The molecule has 176 valence electrons. The number of hydrogen-bond donors (Lipinski definition) is 1. The van der Waals surface area contributed by atoms with Gasteiger partial charge in [0.2, 0.25) is 5.91 Å². The summed E-state index contributed by atoms with van der Waals surface area (Å²) in [7, 11) is 0. The highest BCUT2D eigenvalue weighted by atomic mass is 35.5. The van der Waals surface area contributed by atoms with E-state index in [-0.39, 0.29) is 11.7 Å². The largest absolute Gasteiger partial charge is 0.308 e. The summed E-state index contributed by atoms with van der Waals surface area (Å²) in [6, 6.07) is 7.14. The number of nitrogens with zero attached hydrogens (tertiary/aromatic N) is 1. The molecule has 1 amide bonds. The second-order valence-corrected chi connectivity index (χ2v) is 11.1. The Balaban J connectivity index is 1.31. The molecule has 2 aromatic rings. The van der Waals surface area contributed by atoms with Crippen molar-refractivity contribution in [2.45, 2.75) is 64.7 Å². The fourth-order valence-electron chi connectivity index (χ4n) is 7.48. The van der Waals surface area contributed by atoms with Crippen LogP contribution in [0.25, 0.3) is 0 Å². The average molecular weight is 473 g/mol. The molecule has 33 heavy (non-hydrogen) atoms. The van der Waals surface area contributed by atoms with Gasteiger partial charge >= 0.3 is 0 Å². The molecule has 1 aromatic carbocycles. The summed E-state index contributed by atoms with van der Waals surface area (Å²) >= 11 is 6.27. The lowest BCUT2D eigenvalue weighted by Crippen LogP contribution is -2.43. The minimum atomic E-state index is -0.846. The molecule has 2 saturated carbocycles. The highest BCUT2D eigenvalue weighted by Gasteiger charge is 2.57. The number of carbonyl (C=O) groups excluding carboxylic acids is 1. The number of aryl methyl sites for hydroxylation is 1. The lowest BCUT2D eigenvalue weighted by Gasteiger charge is -2.52. The van der Waals surface area contributed by atoms with Crippen molar-refractivity contribution >= 4 is 23.3 Å². The Hall–Kier alpha value is -2.01. The maximum Gasteiger partial charge on any atom is 0.225 e. The zero-order valence-corrected chi connectivity index (χ0v) is 20.0. The summed E-state index contributed by atoms with van der Waals surface area (Å²) in [6.07, 6.45) is 7.85. The van der Waals surface area contributed by atoms with Gasteiger partial charge < -0.3 is 5.32 Å². The number of rotatable bonds is 4. The molecule has 1 aromatic heterocycles. The quantitative estimate of drug-likeness (QED) is 0.513. The second-order valence-electron chi connectivity index (χ2n) is 10.7. The summed E-state index contributed by atoms with van der Waals surface area (Å²) in [5, 5.41) is 3.34. The first-order valence-corrected chi connectivity index (χ1v) is 12.5. The third-order valence-electron chi connectivity index (χ3n) is 9.08. The standard InChI is InChI=1S/C27H31ClF2N2O/c1-15-11-17(4-8-24(33)32-26-23(30)13-19(29)14-31-26)25-22-6-3-16-12-18(28)5-7-20(16)21(22)9-10-27(15,25)2/h5,7,12-15,17,21-22,25H,3-4,6,8-11H2,1-2H3,(H,31,32,33)/t15?,17-,21?,22?,25?,27-/m1/s1. The van der Waals surface area contributed by atoms with Crippen molar-refractivity contribution in [1.29, 1.82) is 0 Å². The Bertz CT molecular complexity index is 1080. The summed E-state index contributed by atoms with van der Waals surface area (Å²) < 4.78 is 27.0. The van der Waals surface area contributed by atoms with Gasteiger partial charge in [0.05, 0.1) is 6.20 Å². The predicted octanol–water partition coefficient (Wildman–Crippen LogP) is 7.15. The first-order valence-electron chi connectivity index (χ1n) is 12.2. The van der Waals surface area contributed by atoms with E-state index >= 15 is 0 Å². The Morgan fingerprint density at radius 1 is 1.27 bits per heavy atom. The zero-order chi connectivity index (χ0) is 23.3. The summed E-state index contributed by atoms with van der Waals surface area (Å²) in [4.78, 5) is 16.3. The van der Waals surface area contributed by atoms with Crippen molar-refractivity contribution in [1.82, 2.24) is 4.98 Å². The van der Waals surface area contributed by atoms with E-state index in [9.17, 15) is 13.6 Å². The molecule has 1 heterocycles. The van der Waals surface area contributed by atoms with Crippen LogP contribution in [0, 0.1) is 40.7 Å². The molecule has 0 aliphatic heterocycles. The van der Waals surface area contributed by atoms with Crippen molar-refractivity contribution in [2.75, 3.05) is 5.32 Å². The van der Waals surface area contributed by atoms with E-state index in [0.29, 0.717) is 41.4 Å². The van der Waals surface area contributed by atoms with Crippen LogP contribution in [0.2, 0.25) is 5.02 Å². The predicted molar refractivity (Wildman–Crippen MR) is 126 cm³/mol. The van der Waals surface area contributed by atoms with E-state index in [1.165, 1.54) is 30.4 Å². The highest BCUT2D eigenvalue weighted by molar-refractivity contribution is 6.30. The SMILES string of the molecule is CC1C[C@@H](CCC(=O)Nc2ncc(F)cc2F)C2C3CCc4cc(Cl)ccc4C3CC[C@]12C. The smallest absolute Gasteiger partial charge is 0.225 e. The highest BCUT2D eigenvalue weighted by Crippen LogP contribution is 2.65. The van der Waals surface area contributed by atoms with Gasteiger partial charge in [-0.25, -0.2) is 13.8 Å². The van der Waals surface area contributed by atoms with Crippen molar-refractivity contribution in [3.8, 4) is 0 Å². The van der Waals surface area contributed by atoms with Gasteiger partial charge in [-0.2, -0.15) is 0 Å². The van der Waals surface area contributed by atoms with Gasteiger partial charge in [-0.15, -0.1) is 0 Å². The van der Waals surface area contributed by atoms with Crippen LogP contribution in [0.3, 0.4) is 0 Å². The molecular weight excluding hydrogens is 442 g/mol. The Morgan fingerprint density at radius 3 is 2.88 bits per heavy atom. The van der Waals surface area contributed by atoms with Gasteiger partial charge in [0.1, 0.15) is 5.82 Å². The monoisotopic (exact) mass is 472 g/mol. The van der Waals surface area contributed by atoms with Crippen LogP contribution in [-0.2, 0) is 11.2 Å². The first kappa shape index (κ1) is 22.8. The first-order chi connectivity index (χ1) is 15.8. The fourth-order valence-corrected chi connectivity index (χ4v) is 7.67. The van der Waals surface area contributed by atoms with Gasteiger partial charge in [0, 0.05) is 17.5 Å². The van der Waals surface area contributed by atoms with Crippen molar-refractivity contribution < 1.29 is 13.6 Å². The fraction of sp³-hybridized carbons (Fsp3) is 0.556. The summed E-state index contributed by atoms with van der Waals surface area (Å²) in [6.45, 7) is 4.84. The lowest BCUT2D eigenvalue weighted by molar-refractivity contribution is -0.116. The van der Waals surface area contributed by atoms with E-state index < -0.39 is 11.6 Å². The molecule has 6 atom stereocenters. The van der Waals surface area contributed by atoms with E-state index in [2.05, 4.69) is 36.3 Å². The molecule has 2 fully saturated rings. The maximum absolute atomic E-state index is 13.9. The molecular formula is C27H31ClF2N2O. The molecule has 3 aliphatic carbocycles. The molecule has 0 radical (unpaired) electrons. The number of amides is 1. The molecule has 3 aliphatic rings. The molecule has 3 nitrogen and oxygen atoms in total. The van der Waals surface area contributed by atoms with Gasteiger partial charge in [0.15, 0.2) is 11.6 Å². The average Bonchev–Trinajstić information content (AvgIpc) is 3.04. The summed E-state index contributed by atoms with van der Waals surface area (Å²) in [5.41, 5.74) is 3.19. The van der Waals surface area contributed by atoms with Crippen LogP contribution >= 0.6 is 11.6 Å². The lowest BCUT2D eigenvalue weighted by atomic mass is 9.53. The molecule has 1 N–H and O–H groups in total. The number of anilines is 1. The number of fused-ring (bicyclic) bond motifs is 5. The molecule has 0 saturated heterocycles. The Kier molecular flexibility index (Phi) is 5.97. The number of benzene rings is 1. The van der Waals surface area contributed by atoms with E-state index in [4.69, 9.17) is 11.6 Å². The third-order valence-corrected chi connectivity index (χ3v) is 9.32. The molecule has 0 spiro atoms. The van der Waals surface area contributed by atoms with Gasteiger partial charge in [-0.3, -0.25) is 4.79 Å². The molecule has 6 heteroatoms. The van der Waals surface area contributed by atoms with Crippen molar-refractivity contribution in [2.24, 2.45) is 29.1 Å². The van der Waals surface area contributed by atoms with Crippen LogP contribution in [0.5, 0.6) is 0 Å². The topological polar surface area (TPSA) is 42.0 Å². The molecule has 0 bridgehead atoms. The van der Waals surface area contributed by atoms with Crippen LogP contribution in [0.1, 0.15) is 69.4 Å². The van der Waals surface area contributed by atoms with Crippen LogP contribution in [-0.4, -0.2) is 10.9 Å². The van der Waals surface area contributed by atoms with E-state index in [1.807, 2.05) is 6.07 Å². The Labute approximate surface area is 199 Å².